The average Bonchev–Trinajstić information content (AvgIpc) is 2.69. The molecule has 1 aromatic carbocycles. The van der Waals surface area contributed by atoms with Crippen LogP contribution in [-0.4, -0.2) is 55.0 Å². The molecule has 0 aliphatic carbocycles. The number of benzene rings is 1. The molecule has 2 saturated heterocycles. The Hall–Kier alpha value is -1.04. The number of nitrogens with zero attached hydrogens (tertiary/aromatic N) is 1. The number of carbonyl (C=O) groups is 1. The van der Waals surface area contributed by atoms with Gasteiger partial charge in [0.25, 0.3) is 0 Å². The van der Waals surface area contributed by atoms with Gasteiger partial charge in [0.2, 0.25) is 5.91 Å². The SMILES string of the molecule is CC(CC(=O)Nc1ccc(CCN2CCSCC2)cc1)C1CCNCC1. The van der Waals surface area contributed by atoms with Crippen LogP contribution in [0.4, 0.5) is 5.69 Å². The first-order valence-electron chi connectivity index (χ1n) is 10.1. The Morgan fingerprint density at radius 3 is 2.62 bits per heavy atom. The van der Waals surface area contributed by atoms with Gasteiger partial charge in [0.15, 0.2) is 0 Å². The lowest BCUT2D eigenvalue weighted by molar-refractivity contribution is -0.117. The van der Waals surface area contributed by atoms with Crippen LogP contribution in [0.15, 0.2) is 24.3 Å². The van der Waals surface area contributed by atoms with E-state index in [0.717, 1.165) is 31.7 Å². The molecule has 2 aliphatic heterocycles. The second-order valence-electron chi connectivity index (χ2n) is 7.72. The number of anilines is 1. The molecule has 2 N–H and O–H groups in total. The van der Waals surface area contributed by atoms with Crippen molar-refractivity contribution in [2.45, 2.75) is 32.6 Å². The summed E-state index contributed by atoms with van der Waals surface area (Å²) in [5.41, 5.74) is 2.27. The highest BCUT2D eigenvalue weighted by Crippen LogP contribution is 2.24. The van der Waals surface area contributed by atoms with Crippen molar-refractivity contribution >= 4 is 23.4 Å². The molecule has 0 bridgehead atoms. The Morgan fingerprint density at radius 1 is 1.23 bits per heavy atom. The second kappa shape index (κ2) is 10.3. The molecular weight excluding hydrogens is 342 g/mol. The highest BCUT2D eigenvalue weighted by molar-refractivity contribution is 7.99. The fraction of sp³-hybridized carbons (Fsp3) is 0.667. The van der Waals surface area contributed by atoms with Crippen molar-refractivity contribution in [2.24, 2.45) is 11.8 Å². The molecule has 0 aromatic heterocycles. The molecule has 1 amide bonds. The third-order valence-electron chi connectivity index (χ3n) is 5.75. The van der Waals surface area contributed by atoms with Crippen LogP contribution in [-0.2, 0) is 11.2 Å². The lowest BCUT2D eigenvalue weighted by Crippen LogP contribution is -2.34. The summed E-state index contributed by atoms with van der Waals surface area (Å²) < 4.78 is 0. The van der Waals surface area contributed by atoms with Gasteiger partial charge in [-0.05, 0) is 61.9 Å². The number of nitrogens with one attached hydrogen (secondary N) is 2. The maximum absolute atomic E-state index is 12.3. The number of thioether (sulfide) groups is 1. The van der Waals surface area contributed by atoms with Crippen LogP contribution in [0, 0.1) is 11.8 Å². The van der Waals surface area contributed by atoms with E-state index >= 15 is 0 Å². The Morgan fingerprint density at radius 2 is 1.92 bits per heavy atom. The molecule has 5 heteroatoms. The van der Waals surface area contributed by atoms with Gasteiger partial charge in [-0.3, -0.25) is 4.79 Å². The van der Waals surface area contributed by atoms with Crippen LogP contribution >= 0.6 is 11.8 Å². The Kier molecular flexibility index (Phi) is 7.84. The van der Waals surface area contributed by atoms with E-state index in [0.29, 0.717) is 18.3 Å². The van der Waals surface area contributed by atoms with Crippen LogP contribution in [0.25, 0.3) is 0 Å². The lowest BCUT2D eigenvalue weighted by atomic mass is 9.84. The van der Waals surface area contributed by atoms with Gasteiger partial charge in [-0.2, -0.15) is 11.8 Å². The summed E-state index contributed by atoms with van der Waals surface area (Å²) in [4.78, 5) is 14.9. The zero-order valence-corrected chi connectivity index (χ0v) is 16.8. The van der Waals surface area contributed by atoms with Crippen molar-refractivity contribution in [1.29, 1.82) is 0 Å². The summed E-state index contributed by atoms with van der Waals surface area (Å²) in [6, 6.07) is 8.41. The zero-order chi connectivity index (χ0) is 18.2. The lowest BCUT2D eigenvalue weighted by Gasteiger charge is -2.27. The molecule has 0 spiro atoms. The van der Waals surface area contributed by atoms with Crippen LogP contribution < -0.4 is 10.6 Å². The Balaban J connectivity index is 1.40. The third kappa shape index (κ3) is 6.29. The van der Waals surface area contributed by atoms with Crippen molar-refractivity contribution in [3.63, 3.8) is 0 Å². The minimum atomic E-state index is 0.148. The topological polar surface area (TPSA) is 44.4 Å². The highest BCUT2D eigenvalue weighted by Gasteiger charge is 2.22. The largest absolute Gasteiger partial charge is 0.326 e. The van der Waals surface area contributed by atoms with Gasteiger partial charge in [0.05, 0.1) is 0 Å². The van der Waals surface area contributed by atoms with Gasteiger partial charge in [0.1, 0.15) is 0 Å². The van der Waals surface area contributed by atoms with E-state index in [1.165, 1.54) is 43.0 Å². The van der Waals surface area contributed by atoms with E-state index in [2.05, 4.69) is 58.5 Å². The molecule has 4 nitrogen and oxygen atoms in total. The molecule has 3 rings (SSSR count). The summed E-state index contributed by atoms with van der Waals surface area (Å²) in [5.74, 6) is 3.81. The monoisotopic (exact) mass is 375 g/mol. The van der Waals surface area contributed by atoms with Gasteiger partial charge in [-0.25, -0.2) is 0 Å². The molecule has 0 saturated carbocycles. The molecule has 1 aromatic rings. The molecule has 2 heterocycles. The first-order chi connectivity index (χ1) is 12.7. The van der Waals surface area contributed by atoms with E-state index in [4.69, 9.17) is 0 Å². The van der Waals surface area contributed by atoms with Crippen LogP contribution in [0.5, 0.6) is 0 Å². The fourth-order valence-electron chi connectivity index (χ4n) is 3.95. The predicted octanol–water partition coefficient (Wildman–Crippen LogP) is 3.24. The standard InChI is InChI=1S/C21H33N3OS/c1-17(19-6-9-22-10-7-19)16-21(25)23-20-4-2-18(3-5-20)8-11-24-12-14-26-15-13-24/h2-5,17,19,22H,6-16H2,1H3,(H,23,25). The fourth-order valence-corrected chi connectivity index (χ4v) is 4.93. The van der Waals surface area contributed by atoms with Crippen molar-refractivity contribution in [3.8, 4) is 0 Å². The quantitative estimate of drug-likeness (QED) is 0.768. The summed E-state index contributed by atoms with van der Waals surface area (Å²) in [6.07, 6.45) is 4.10. The molecule has 26 heavy (non-hydrogen) atoms. The zero-order valence-electron chi connectivity index (χ0n) is 16.0. The van der Waals surface area contributed by atoms with Gasteiger partial charge in [0, 0.05) is 43.2 Å². The second-order valence-corrected chi connectivity index (χ2v) is 8.94. The van der Waals surface area contributed by atoms with Crippen molar-refractivity contribution in [2.75, 3.05) is 49.5 Å². The van der Waals surface area contributed by atoms with Crippen molar-refractivity contribution < 1.29 is 4.79 Å². The van der Waals surface area contributed by atoms with E-state index in [1.807, 2.05) is 0 Å². The number of rotatable bonds is 7. The first kappa shape index (κ1) is 19.7. The van der Waals surface area contributed by atoms with Crippen molar-refractivity contribution in [3.05, 3.63) is 29.8 Å². The number of carbonyl (C=O) groups excluding carboxylic acids is 1. The minimum Gasteiger partial charge on any atom is -0.326 e. The number of piperidine rings is 1. The average molecular weight is 376 g/mol. The molecule has 2 aliphatic rings. The Labute approximate surface area is 162 Å². The predicted molar refractivity (Wildman–Crippen MR) is 112 cm³/mol. The number of amides is 1. The third-order valence-corrected chi connectivity index (χ3v) is 6.70. The minimum absolute atomic E-state index is 0.148. The molecule has 1 unspecified atom stereocenters. The summed E-state index contributed by atoms with van der Waals surface area (Å²) in [7, 11) is 0. The van der Waals surface area contributed by atoms with Gasteiger partial charge in [-0.1, -0.05) is 19.1 Å². The molecule has 144 valence electrons. The van der Waals surface area contributed by atoms with E-state index in [9.17, 15) is 4.79 Å². The highest BCUT2D eigenvalue weighted by atomic mass is 32.2. The van der Waals surface area contributed by atoms with Gasteiger partial charge in [-0.15, -0.1) is 0 Å². The number of hydrogen-bond donors (Lipinski definition) is 2. The maximum atomic E-state index is 12.3. The van der Waals surface area contributed by atoms with E-state index < -0.39 is 0 Å². The Bertz CT molecular complexity index is 551. The van der Waals surface area contributed by atoms with E-state index in [-0.39, 0.29) is 5.91 Å². The smallest absolute Gasteiger partial charge is 0.224 e. The number of hydrogen-bond acceptors (Lipinski definition) is 4. The normalized spacial score (nSPS) is 20.7. The van der Waals surface area contributed by atoms with Gasteiger partial charge >= 0.3 is 0 Å². The van der Waals surface area contributed by atoms with Crippen LogP contribution in [0.1, 0.15) is 31.7 Å². The summed E-state index contributed by atoms with van der Waals surface area (Å²) in [5, 5.41) is 6.47. The summed E-state index contributed by atoms with van der Waals surface area (Å²) in [6.45, 7) is 7.97. The van der Waals surface area contributed by atoms with Gasteiger partial charge < -0.3 is 15.5 Å². The van der Waals surface area contributed by atoms with Crippen LogP contribution in [0.3, 0.4) is 0 Å². The molecular formula is C21H33N3OS. The first-order valence-corrected chi connectivity index (χ1v) is 11.3. The van der Waals surface area contributed by atoms with Crippen molar-refractivity contribution in [1.82, 2.24) is 10.2 Å². The summed E-state index contributed by atoms with van der Waals surface area (Å²) >= 11 is 2.06. The van der Waals surface area contributed by atoms with E-state index in [1.54, 1.807) is 0 Å². The molecule has 2 fully saturated rings. The maximum Gasteiger partial charge on any atom is 0.224 e. The molecule has 0 radical (unpaired) electrons. The van der Waals surface area contributed by atoms with Crippen LogP contribution in [0.2, 0.25) is 0 Å². The molecule has 1 atom stereocenters.